The molecule has 0 aliphatic heterocycles. The van der Waals surface area contributed by atoms with E-state index in [9.17, 15) is 4.79 Å². The van der Waals surface area contributed by atoms with Crippen molar-refractivity contribution < 1.29 is 9.90 Å². The molecule has 2 N–H and O–H groups in total. The summed E-state index contributed by atoms with van der Waals surface area (Å²) in [6.07, 6.45) is 1.36. The van der Waals surface area contributed by atoms with Crippen LogP contribution >= 0.6 is 0 Å². The van der Waals surface area contributed by atoms with Crippen LogP contribution in [0.4, 0.5) is 0 Å². The summed E-state index contributed by atoms with van der Waals surface area (Å²) in [5.74, 6) is -0.152. The number of hydrogen-bond acceptors (Lipinski definition) is 4. The maximum Gasteiger partial charge on any atom is 0.253 e. The van der Waals surface area contributed by atoms with Gasteiger partial charge in [-0.15, -0.1) is 0 Å². The van der Waals surface area contributed by atoms with Gasteiger partial charge in [0.2, 0.25) is 0 Å². The van der Waals surface area contributed by atoms with Crippen LogP contribution < -0.4 is 5.32 Å². The Morgan fingerprint density at radius 3 is 2.76 bits per heavy atom. The van der Waals surface area contributed by atoms with Crippen LogP contribution in [0.25, 0.3) is 0 Å². The highest BCUT2D eigenvalue weighted by Gasteiger charge is 2.14. The molecule has 0 bridgehead atoms. The van der Waals surface area contributed by atoms with Crippen molar-refractivity contribution in [2.45, 2.75) is 39.7 Å². The number of nitrogens with zero attached hydrogens (tertiary/aromatic N) is 2. The van der Waals surface area contributed by atoms with Gasteiger partial charge in [-0.3, -0.25) is 4.79 Å². The van der Waals surface area contributed by atoms with Crippen molar-refractivity contribution in [3.05, 3.63) is 23.0 Å². The molecule has 17 heavy (non-hydrogen) atoms. The number of hydrogen-bond donors (Lipinski definition) is 2. The number of aryl methyl sites for hydroxylation is 2. The Hall–Kier alpha value is -1.49. The summed E-state index contributed by atoms with van der Waals surface area (Å²) in [7, 11) is 0. The molecule has 1 aromatic heterocycles. The Morgan fingerprint density at radius 1 is 1.47 bits per heavy atom. The van der Waals surface area contributed by atoms with Crippen molar-refractivity contribution in [2.75, 3.05) is 6.61 Å². The Labute approximate surface area is 101 Å². The monoisotopic (exact) mass is 237 g/mol. The van der Waals surface area contributed by atoms with Crippen LogP contribution in [0.1, 0.15) is 41.5 Å². The Bertz CT molecular complexity index is 393. The molecule has 5 heteroatoms. The minimum absolute atomic E-state index is 0.000344. The fourth-order valence-electron chi connectivity index (χ4n) is 1.58. The molecule has 0 aliphatic carbocycles. The molecule has 0 aliphatic rings. The van der Waals surface area contributed by atoms with Crippen LogP contribution in [0.15, 0.2) is 6.07 Å². The molecule has 5 nitrogen and oxygen atoms in total. The molecule has 94 valence electrons. The average Bonchev–Trinajstić information content (AvgIpc) is 2.31. The number of aliphatic hydroxyl groups excluding tert-OH is 1. The fourth-order valence-corrected chi connectivity index (χ4v) is 1.58. The van der Waals surface area contributed by atoms with Crippen LogP contribution in [0.3, 0.4) is 0 Å². The van der Waals surface area contributed by atoms with Crippen molar-refractivity contribution in [2.24, 2.45) is 0 Å². The zero-order valence-electron chi connectivity index (χ0n) is 10.5. The van der Waals surface area contributed by atoms with E-state index in [1.807, 2.05) is 6.92 Å². The smallest absolute Gasteiger partial charge is 0.253 e. The normalized spacial score (nSPS) is 12.2. The third-order valence-corrected chi connectivity index (χ3v) is 2.65. The molecule has 0 aromatic carbocycles. The van der Waals surface area contributed by atoms with Crippen molar-refractivity contribution in [1.29, 1.82) is 0 Å². The van der Waals surface area contributed by atoms with E-state index in [1.165, 1.54) is 0 Å². The predicted molar refractivity (Wildman–Crippen MR) is 64.8 cm³/mol. The number of nitrogens with one attached hydrogen (secondary N) is 1. The topological polar surface area (TPSA) is 75.1 Å². The molecule has 1 aromatic rings. The van der Waals surface area contributed by atoms with Crippen molar-refractivity contribution >= 4 is 5.91 Å². The summed E-state index contributed by atoms with van der Waals surface area (Å²) in [5, 5.41) is 19.6. The van der Waals surface area contributed by atoms with Gasteiger partial charge < -0.3 is 10.4 Å². The highest BCUT2D eigenvalue weighted by atomic mass is 16.3. The summed E-state index contributed by atoms with van der Waals surface area (Å²) in [6.45, 7) is 5.61. The van der Waals surface area contributed by atoms with Crippen molar-refractivity contribution in [1.82, 2.24) is 15.5 Å². The zero-order chi connectivity index (χ0) is 12.8. The summed E-state index contributed by atoms with van der Waals surface area (Å²) in [4.78, 5) is 12.0. The molecule has 0 radical (unpaired) electrons. The summed E-state index contributed by atoms with van der Waals surface area (Å²) < 4.78 is 0. The number of rotatable bonds is 5. The maximum absolute atomic E-state index is 12.0. The molecular weight excluding hydrogens is 218 g/mol. The lowest BCUT2D eigenvalue weighted by Gasteiger charge is -2.16. The minimum Gasteiger partial charge on any atom is -0.396 e. The highest BCUT2D eigenvalue weighted by molar-refractivity contribution is 5.95. The van der Waals surface area contributed by atoms with Crippen LogP contribution in [-0.4, -0.2) is 33.9 Å². The van der Waals surface area contributed by atoms with Crippen LogP contribution in [0, 0.1) is 13.8 Å². The van der Waals surface area contributed by atoms with E-state index in [0.29, 0.717) is 17.7 Å². The number of carbonyl (C=O) groups is 1. The second-order valence-corrected chi connectivity index (χ2v) is 4.08. The minimum atomic E-state index is -0.152. The molecule has 0 spiro atoms. The van der Waals surface area contributed by atoms with Gasteiger partial charge >= 0.3 is 0 Å². The lowest BCUT2D eigenvalue weighted by atomic mass is 10.1. The maximum atomic E-state index is 12.0. The van der Waals surface area contributed by atoms with Gasteiger partial charge in [0.25, 0.3) is 5.91 Å². The Balaban J connectivity index is 2.78. The van der Waals surface area contributed by atoms with Crippen LogP contribution in [-0.2, 0) is 0 Å². The van der Waals surface area contributed by atoms with Gasteiger partial charge in [0.1, 0.15) is 0 Å². The predicted octanol–water partition coefficient (Wildman–Crippen LogP) is 0.984. The molecule has 1 atom stereocenters. The quantitative estimate of drug-likeness (QED) is 0.800. The molecule has 1 heterocycles. The van der Waals surface area contributed by atoms with Gasteiger partial charge in [-0.1, -0.05) is 6.92 Å². The largest absolute Gasteiger partial charge is 0.396 e. The third kappa shape index (κ3) is 3.78. The molecule has 1 unspecified atom stereocenters. The molecule has 0 saturated carbocycles. The van der Waals surface area contributed by atoms with Gasteiger partial charge in [-0.05, 0) is 32.8 Å². The van der Waals surface area contributed by atoms with E-state index in [0.717, 1.165) is 12.1 Å². The third-order valence-electron chi connectivity index (χ3n) is 2.65. The van der Waals surface area contributed by atoms with Gasteiger partial charge in [0.05, 0.1) is 17.0 Å². The average molecular weight is 237 g/mol. The van der Waals surface area contributed by atoms with Gasteiger partial charge in [-0.2, -0.15) is 10.2 Å². The van der Waals surface area contributed by atoms with E-state index in [2.05, 4.69) is 15.5 Å². The number of aliphatic hydroxyl groups is 1. The second kappa shape index (κ2) is 6.30. The highest BCUT2D eigenvalue weighted by Crippen LogP contribution is 2.07. The molecule has 1 amide bonds. The summed E-state index contributed by atoms with van der Waals surface area (Å²) >= 11 is 0. The summed E-state index contributed by atoms with van der Waals surface area (Å²) in [5.41, 5.74) is 1.89. The fraction of sp³-hybridized carbons (Fsp3) is 0.583. The first-order valence-corrected chi connectivity index (χ1v) is 5.81. The SMILES string of the molecule is CCC(CCO)NC(=O)c1cc(C)nnc1C. The number of amides is 1. The first kappa shape index (κ1) is 13.6. The lowest BCUT2D eigenvalue weighted by Crippen LogP contribution is -2.35. The van der Waals surface area contributed by atoms with E-state index in [1.54, 1.807) is 19.9 Å². The molecular formula is C12H19N3O2. The lowest BCUT2D eigenvalue weighted by molar-refractivity contribution is 0.0927. The second-order valence-electron chi connectivity index (χ2n) is 4.08. The van der Waals surface area contributed by atoms with E-state index in [4.69, 9.17) is 5.11 Å². The Morgan fingerprint density at radius 2 is 2.18 bits per heavy atom. The number of aromatic nitrogens is 2. The molecule has 0 fully saturated rings. The zero-order valence-corrected chi connectivity index (χ0v) is 10.5. The first-order valence-electron chi connectivity index (χ1n) is 5.81. The van der Waals surface area contributed by atoms with Gasteiger partial charge in [-0.25, -0.2) is 0 Å². The molecule has 1 rings (SSSR count). The van der Waals surface area contributed by atoms with E-state index < -0.39 is 0 Å². The van der Waals surface area contributed by atoms with Crippen molar-refractivity contribution in [3.63, 3.8) is 0 Å². The van der Waals surface area contributed by atoms with Crippen molar-refractivity contribution in [3.8, 4) is 0 Å². The van der Waals surface area contributed by atoms with Gasteiger partial charge in [0.15, 0.2) is 0 Å². The van der Waals surface area contributed by atoms with Crippen LogP contribution in [0.5, 0.6) is 0 Å². The standard InChI is InChI=1S/C12H19N3O2/c1-4-10(5-6-16)13-12(17)11-7-8(2)14-15-9(11)3/h7,10,16H,4-6H2,1-3H3,(H,13,17). The Kier molecular flexibility index (Phi) is 5.03. The van der Waals surface area contributed by atoms with Crippen LogP contribution in [0.2, 0.25) is 0 Å². The number of carbonyl (C=O) groups excluding carboxylic acids is 1. The van der Waals surface area contributed by atoms with Gasteiger partial charge in [0, 0.05) is 12.6 Å². The molecule has 0 saturated heterocycles. The van der Waals surface area contributed by atoms with E-state index >= 15 is 0 Å². The first-order chi connectivity index (χ1) is 8.08. The van der Waals surface area contributed by atoms with E-state index in [-0.39, 0.29) is 18.6 Å². The summed E-state index contributed by atoms with van der Waals surface area (Å²) in [6, 6.07) is 1.73.